The van der Waals surface area contributed by atoms with E-state index in [1.165, 1.54) is 11.0 Å². The zero-order valence-corrected chi connectivity index (χ0v) is 17.1. The van der Waals surface area contributed by atoms with Crippen LogP contribution in [-0.4, -0.2) is 23.8 Å². The van der Waals surface area contributed by atoms with E-state index < -0.39 is 0 Å². The summed E-state index contributed by atoms with van der Waals surface area (Å²) in [7, 11) is 1.69. The molecule has 4 rings (SSSR count). The highest BCUT2D eigenvalue weighted by molar-refractivity contribution is 5.96. The standard InChI is InChI=1S/C23H26FN3O2/c1-4-21(28)26-23-13(2)5-7-15-17(11-25-12-18(15)23)16-9-14-6-8-22(29)27(3)20(14)10-19(16)24/h9-13,23H,4-8H2,1-3H3,(H,26,28). The summed E-state index contributed by atoms with van der Waals surface area (Å²) in [4.78, 5) is 29.9. The number of rotatable bonds is 3. The fourth-order valence-electron chi connectivity index (χ4n) is 4.49. The lowest BCUT2D eigenvalue weighted by Crippen LogP contribution is -2.35. The van der Waals surface area contributed by atoms with Crippen molar-refractivity contribution in [1.82, 2.24) is 10.3 Å². The molecule has 29 heavy (non-hydrogen) atoms. The molecule has 0 spiro atoms. The van der Waals surface area contributed by atoms with E-state index in [1.807, 2.05) is 13.0 Å². The first kappa shape index (κ1) is 19.6. The molecule has 0 saturated carbocycles. The molecular formula is C23H26FN3O2. The van der Waals surface area contributed by atoms with Crippen LogP contribution in [0.3, 0.4) is 0 Å². The van der Waals surface area contributed by atoms with Gasteiger partial charge in [-0.2, -0.15) is 0 Å². The molecule has 6 heteroatoms. The number of carbonyl (C=O) groups is 2. The van der Waals surface area contributed by atoms with Gasteiger partial charge in [-0.3, -0.25) is 14.6 Å². The lowest BCUT2D eigenvalue weighted by atomic mass is 9.78. The van der Waals surface area contributed by atoms with Crippen LogP contribution in [0.5, 0.6) is 0 Å². The van der Waals surface area contributed by atoms with Crippen molar-refractivity contribution in [3.63, 3.8) is 0 Å². The highest BCUT2D eigenvalue weighted by Crippen LogP contribution is 2.41. The Labute approximate surface area is 170 Å². The molecule has 1 aliphatic heterocycles. The SMILES string of the molecule is CCC(=O)NC1c2cncc(-c3cc4c(cc3F)N(C)C(=O)CC4)c2CCC1C. The Balaban J connectivity index is 1.80. The molecule has 0 radical (unpaired) electrons. The van der Waals surface area contributed by atoms with Gasteiger partial charge in [0.15, 0.2) is 0 Å². The summed E-state index contributed by atoms with van der Waals surface area (Å²) in [5, 5.41) is 3.11. The van der Waals surface area contributed by atoms with Crippen LogP contribution in [0.15, 0.2) is 24.5 Å². The predicted octanol–water partition coefficient (Wildman–Crippen LogP) is 3.95. The maximum absolute atomic E-state index is 15.1. The lowest BCUT2D eigenvalue weighted by Gasteiger charge is -2.33. The van der Waals surface area contributed by atoms with Crippen LogP contribution in [0.25, 0.3) is 11.1 Å². The van der Waals surface area contributed by atoms with Gasteiger partial charge >= 0.3 is 0 Å². The topological polar surface area (TPSA) is 62.3 Å². The van der Waals surface area contributed by atoms with Crippen LogP contribution in [0.1, 0.15) is 55.8 Å². The van der Waals surface area contributed by atoms with Gasteiger partial charge < -0.3 is 10.2 Å². The summed E-state index contributed by atoms with van der Waals surface area (Å²) in [6, 6.07) is 3.22. The summed E-state index contributed by atoms with van der Waals surface area (Å²) in [6.07, 6.45) is 6.73. The van der Waals surface area contributed by atoms with Gasteiger partial charge in [-0.25, -0.2) is 4.39 Å². The number of aryl methyl sites for hydroxylation is 1. The minimum absolute atomic E-state index is 0.00639. The van der Waals surface area contributed by atoms with Gasteiger partial charge in [-0.1, -0.05) is 13.8 Å². The third kappa shape index (κ3) is 3.41. The van der Waals surface area contributed by atoms with Crippen molar-refractivity contribution in [3.05, 3.63) is 47.0 Å². The monoisotopic (exact) mass is 395 g/mol. The first-order valence-electron chi connectivity index (χ1n) is 10.3. The number of nitrogens with one attached hydrogen (secondary N) is 1. The summed E-state index contributed by atoms with van der Waals surface area (Å²) in [5.74, 6) is -0.0453. The molecule has 1 N–H and O–H groups in total. The minimum Gasteiger partial charge on any atom is -0.349 e. The Bertz CT molecular complexity index is 988. The Morgan fingerprint density at radius 2 is 2.03 bits per heavy atom. The van der Waals surface area contributed by atoms with E-state index in [0.717, 1.165) is 35.1 Å². The van der Waals surface area contributed by atoms with Gasteiger partial charge in [0.25, 0.3) is 0 Å². The molecule has 1 aliphatic carbocycles. The summed E-state index contributed by atoms with van der Waals surface area (Å²) < 4.78 is 15.1. The molecule has 5 nitrogen and oxygen atoms in total. The Hall–Kier alpha value is -2.76. The average molecular weight is 395 g/mol. The van der Waals surface area contributed by atoms with E-state index >= 15 is 4.39 Å². The van der Waals surface area contributed by atoms with Crippen molar-refractivity contribution in [3.8, 4) is 11.1 Å². The third-order valence-corrected chi connectivity index (χ3v) is 6.28. The van der Waals surface area contributed by atoms with E-state index in [4.69, 9.17) is 0 Å². The van der Waals surface area contributed by atoms with Gasteiger partial charge in [0.05, 0.1) is 6.04 Å². The largest absolute Gasteiger partial charge is 0.349 e. The molecule has 2 aliphatic rings. The second-order valence-corrected chi connectivity index (χ2v) is 8.08. The molecule has 2 atom stereocenters. The number of nitrogens with zero attached hydrogens (tertiary/aromatic N) is 2. The molecule has 1 aromatic heterocycles. The van der Waals surface area contributed by atoms with E-state index in [2.05, 4.69) is 17.2 Å². The quantitative estimate of drug-likeness (QED) is 0.856. The summed E-state index contributed by atoms with van der Waals surface area (Å²) in [6.45, 7) is 3.96. The van der Waals surface area contributed by atoms with E-state index in [0.29, 0.717) is 36.4 Å². The maximum Gasteiger partial charge on any atom is 0.227 e. The number of benzene rings is 1. The van der Waals surface area contributed by atoms with Crippen molar-refractivity contribution in [2.24, 2.45) is 5.92 Å². The number of aromatic nitrogens is 1. The van der Waals surface area contributed by atoms with Crippen molar-refractivity contribution in [1.29, 1.82) is 0 Å². The smallest absolute Gasteiger partial charge is 0.227 e. The van der Waals surface area contributed by atoms with E-state index in [-0.39, 0.29) is 23.7 Å². The number of halogens is 1. The molecule has 2 amide bonds. The fourth-order valence-corrected chi connectivity index (χ4v) is 4.49. The second kappa shape index (κ2) is 7.58. The number of amides is 2. The maximum atomic E-state index is 15.1. The molecule has 1 aromatic carbocycles. The normalized spacial score (nSPS) is 20.8. The highest BCUT2D eigenvalue weighted by Gasteiger charge is 2.31. The number of anilines is 1. The van der Waals surface area contributed by atoms with Gasteiger partial charge in [0, 0.05) is 49.1 Å². The average Bonchev–Trinajstić information content (AvgIpc) is 2.72. The van der Waals surface area contributed by atoms with Crippen molar-refractivity contribution in [2.75, 3.05) is 11.9 Å². The molecule has 2 heterocycles. The molecule has 0 bridgehead atoms. The number of carbonyl (C=O) groups excluding carboxylic acids is 2. The predicted molar refractivity (Wildman–Crippen MR) is 110 cm³/mol. The van der Waals surface area contributed by atoms with Crippen molar-refractivity contribution >= 4 is 17.5 Å². The molecule has 2 unspecified atom stereocenters. The Kier molecular flexibility index (Phi) is 5.11. The Morgan fingerprint density at radius 3 is 2.79 bits per heavy atom. The number of pyridine rings is 1. The molecule has 0 fully saturated rings. The zero-order chi connectivity index (χ0) is 20.7. The van der Waals surface area contributed by atoms with Crippen LogP contribution in [0, 0.1) is 11.7 Å². The number of hydrogen-bond donors (Lipinski definition) is 1. The van der Waals surface area contributed by atoms with Crippen LogP contribution >= 0.6 is 0 Å². The van der Waals surface area contributed by atoms with Crippen molar-refractivity contribution in [2.45, 2.75) is 52.0 Å². The van der Waals surface area contributed by atoms with Crippen LogP contribution in [0.4, 0.5) is 10.1 Å². The second-order valence-electron chi connectivity index (χ2n) is 8.08. The first-order chi connectivity index (χ1) is 13.9. The van der Waals surface area contributed by atoms with Crippen LogP contribution in [0.2, 0.25) is 0 Å². The van der Waals surface area contributed by atoms with Crippen LogP contribution in [-0.2, 0) is 22.4 Å². The van der Waals surface area contributed by atoms with E-state index in [1.54, 1.807) is 19.4 Å². The van der Waals surface area contributed by atoms with Gasteiger partial charge in [-0.05, 0) is 54.0 Å². The first-order valence-corrected chi connectivity index (χ1v) is 10.3. The van der Waals surface area contributed by atoms with Gasteiger partial charge in [0.2, 0.25) is 11.8 Å². The lowest BCUT2D eigenvalue weighted by molar-refractivity contribution is -0.122. The van der Waals surface area contributed by atoms with Gasteiger partial charge in [-0.15, -0.1) is 0 Å². The Morgan fingerprint density at radius 1 is 1.24 bits per heavy atom. The summed E-state index contributed by atoms with van der Waals surface area (Å²) in [5.41, 5.74) is 4.95. The van der Waals surface area contributed by atoms with Crippen molar-refractivity contribution < 1.29 is 14.0 Å². The third-order valence-electron chi connectivity index (χ3n) is 6.28. The molecule has 0 saturated heterocycles. The number of fused-ring (bicyclic) bond motifs is 2. The zero-order valence-electron chi connectivity index (χ0n) is 17.1. The van der Waals surface area contributed by atoms with Gasteiger partial charge in [0.1, 0.15) is 5.82 Å². The van der Waals surface area contributed by atoms with Crippen LogP contribution < -0.4 is 10.2 Å². The minimum atomic E-state index is -0.353. The highest BCUT2D eigenvalue weighted by atomic mass is 19.1. The number of hydrogen-bond acceptors (Lipinski definition) is 3. The molecule has 152 valence electrons. The van der Waals surface area contributed by atoms with E-state index in [9.17, 15) is 9.59 Å². The molecular weight excluding hydrogens is 369 g/mol. The molecule has 2 aromatic rings. The summed E-state index contributed by atoms with van der Waals surface area (Å²) >= 11 is 0. The fraction of sp³-hybridized carbons (Fsp3) is 0.435.